The van der Waals surface area contributed by atoms with Crippen molar-refractivity contribution in [1.82, 2.24) is 13.9 Å². The molecule has 2 heterocycles. The number of benzene rings is 2. The zero-order valence-electron chi connectivity index (χ0n) is 19.0. The molecule has 10 heteroatoms. The summed E-state index contributed by atoms with van der Waals surface area (Å²) in [5.74, 6) is 0. The first-order valence-corrected chi connectivity index (χ1v) is 12.4. The van der Waals surface area contributed by atoms with Gasteiger partial charge in [0.05, 0.1) is 18.6 Å². The van der Waals surface area contributed by atoms with E-state index in [0.29, 0.717) is 29.3 Å². The lowest BCUT2D eigenvalue weighted by molar-refractivity contribution is -0.0492. The van der Waals surface area contributed by atoms with E-state index in [1.54, 1.807) is 18.5 Å². The third kappa shape index (κ3) is 5.12. The molecule has 1 aliphatic rings. The van der Waals surface area contributed by atoms with Crippen LogP contribution in [0.2, 0.25) is 0 Å². The molecule has 0 unspecified atom stereocenters. The molecule has 0 aliphatic carbocycles. The van der Waals surface area contributed by atoms with Gasteiger partial charge in [-0.3, -0.25) is 0 Å². The van der Waals surface area contributed by atoms with E-state index in [4.69, 9.17) is 0 Å². The van der Waals surface area contributed by atoms with Crippen molar-refractivity contribution in [2.75, 3.05) is 11.4 Å². The van der Waals surface area contributed by atoms with Gasteiger partial charge in [0.1, 0.15) is 0 Å². The van der Waals surface area contributed by atoms with Crippen molar-refractivity contribution in [3.8, 4) is 0 Å². The second kappa shape index (κ2) is 9.42. The Morgan fingerprint density at radius 1 is 1.12 bits per heavy atom. The fourth-order valence-electron chi connectivity index (χ4n) is 4.35. The Kier molecular flexibility index (Phi) is 6.73. The van der Waals surface area contributed by atoms with Crippen molar-refractivity contribution < 1.29 is 21.6 Å². The van der Waals surface area contributed by atoms with Gasteiger partial charge in [-0.2, -0.15) is 17.5 Å². The lowest BCUT2D eigenvalue weighted by atomic mass is 10.0. The van der Waals surface area contributed by atoms with Crippen LogP contribution in [0.25, 0.3) is 0 Å². The Hall–Kier alpha value is -2.85. The molecule has 0 amide bonds. The van der Waals surface area contributed by atoms with E-state index in [9.17, 15) is 21.6 Å². The number of sulfonamides is 1. The zero-order chi connectivity index (χ0) is 24.5. The minimum atomic E-state index is -5.50. The van der Waals surface area contributed by atoms with Crippen molar-refractivity contribution in [2.45, 2.75) is 44.4 Å². The van der Waals surface area contributed by atoms with E-state index in [1.807, 2.05) is 66.0 Å². The minimum absolute atomic E-state index is 0.269. The zero-order valence-corrected chi connectivity index (χ0v) is 19.9. The summed E-state index contributed by atoms with van der Waals surface area (Å²) in [5.41, 5.74) is -1.34. The number of imidazole rings is 1. The van der Waals surface area contributed by atoms with Gasteiger partial charge < -0.3 is 9.47 Å². The van der Waals surface area contributed by atoms with E-state index >= 15 is 0 Å². The molecule has 1 aliphatic heterocycles. The van der Waals surface area contributed by atoms with Gasteiger partial charge in [0.15, 0.2) is 0 Å². The number of rotatable bonds is 6. The molecule has 0 spiro atoms. The van der Waals surface area contributed by atoms with Gasteiger partial charge in [-0.1, -0.05) is 42.5 Å². The number of nitrogens with zero attached hydrogens (tertiary/aromatic N) is 4. The quantitative estimate of drug-likeness (QED) is 0.512. The van der Waals surface area contributed by atoms with Crippen LogP contribution in [0, 0.1) is 6.92 Å². The van der Waals surface area contributed by atoms with Crippen LogP contribution in [0.15, 0.2) is 61.1 Å². The van der Waals surface area contributed by atoms with Crippen molar-refractivity contribution in [3.63, 3.8) is 0 Å². The Bertz CT molecular complexity index is 1240. The molecule has 0 bridgehead atoms. The van der Waals surface area contributed by atoms with E-state index < -0.39 is 21.6 Å². The third-order valence-electron chi connectivity index (χ3n) is 6.08. The molecule has 1 atom stereocenters. The van der Waals surface area contributed by atoms with E-state index in [-0.39, 0.29) is 13.1 Å². The van der Waals surface area contributed by atoms with Gasteiger partial charge >= 0.3 is 15.5 Å². The Morgan fingerprint density at radius 2 is 1.85 bits per heavy atom. The maximum atomic E-state index is 13.6. The monoisotopic (exact) mass is 492 g/mol. The van der Waals surface area contributed by atoms with Gasteiger partial charge in [-0.15, -0.1) is 0 Å². The van der Waals surface area contributed by atoms with E-state index in [1.165, 1.54) is 0 Å². The molecule has 0 saturated carbocycles. The van der Waals surface area contributed by atoms with Crippen LogP contribution in [0.4, 0.5) is 18.9 Å². The summed E-state index contributed by atoms with van der Waals surface area (Å²) in [6.45, 7) is 1.66. The number of aryl methyl sites for hydroxylation is 3. The Balaban J connectivity index is 1.77. The van der Waals surface area contributed by atoms with Crippen LogP contribution in [-0.2, 0) is 36.6 Å². The number of aromatic nitrogens is 2. The van der Waals surface area contributed by atoms with Gasteiger partial charge in [-0.05, 0) is 42.5 Å². The fraction of sp³-hybridized carbons (Fsp3) is 0.375. The molecule has 2 aromatic carbocycles. The van der Waals surface area contributed by atoms with Crippen LogP contribution in [0.1, 0.15) is 28.8 Å². The minimum Gasteiger partial charge on any atom is -0.361 e. The Labute approximate surface area is 197 Å². The van der Waals surface area contributed by atoms with Crippen LogP contribution in [0.5, 0.6) is 0 Å². The SMILES string of the molecule is Cc1ccc2c(c1)N(Cc1cn(C)cn1)[C@H](CCc1ccccc1)CN(S(=O)(=O)C(F)(F)F)C2. The molecule has 0 fully saturated rings. The van der Waals surface area contributed by atoms with Crippen molar-refractivity contribution in [3.05, 3.63) is 83.4 Å². The average Bonchev–Trinajstić information content (AvgIpc) is 3.12. The van der Waals surface area contributed by atoms with Crippen molar-refractivity contribution in [2.24, 2.45) is 7.05 Å². The highest BCUT2D eigenvalue weighted by molar-refractivity contribution is 7.89. The summed E-state index contributed by atoms with van der Waals surface area (Å²) in [4.78, 5) is 6.42. The second-order valence-corrected chi connectivity index (χ2v) is 10.6. The third-order valence-corrected chi connectivity index (χ3v) is 7.63. The van der Waals surface area contributed by atoms with Crippen LogP contribution in [-0.4, -0.2) is 40.4 Å². The van der Waals surface area contributed by atoms with Crippen LogP contribution in [0.3, 0.4) is 0 Å². The first-order valence-electron chi connectivity index (χ1n) is 11.0. The highest BCUT2D eigenvalue weighted by Crippen LogP contribution is 2.36. The smallest absolute Gasteiger partial charge is 0.361 e. The number of halogens is 3. The first kappa shape index (κ1) is 24.3. The molecular formula is C24H27F3N4O2S. The first-order chi connectivity index (χ1) is 16.0. The standard InChI is InChI=1S/C24H27F3N4O2S/c1-18-8-10-20-13-30(34(32,33)24(25,26)27)16-22(11-9-19-6-4-3-5-7-19)31(23(20)12-18)15-21-14-29(2)17-28-21/h3-8,10,12,14,17,22H,9,11,13,15-16H2,1-2H3/t22-/m1/s1. The summed E-state index contributed by atoms with van der Waals surface area (Å²) >= 11 is 0. The predicted octanol–water partition coefficient (Wildman–Crippen LogP) is 4.40. The van der Waals surface area contributed by atoms with Gasteiger partial charge in [-0.25, -0.2) is 13.4 Å². The highest BCUT2D eigenvalue weighted by atomic mass is 32.2. The lowest BCUT2D eigenvalue weighted by Gasteiger charge is -2.34. The molecule has 0 radical (unpaired) electrons. The Morgan fingerprint density at radius 3 is 2.50 bits per heavy atom. The summed E-state index contributed by atoms with van der Waals surface area (Å²) in [6, 6.07) is 14.6. The fourth-order valence-corrected chi connectivity index (χ4v) is 5.32. The molecule has 0 saturated heterocycles. The number of hydrogen-bond acceptors (Lipinski definition) is 4. The molecular weight excluding hydrogens is 465 g/mol. The molecule has 0 N–H and O–H groups in total. The number of anilines is 1. The highest BCUT2D eigenvalue weighted by Gasteiger charge is 2.51. The van der Waals surface area contributed by atoms with E-state index in [0.717, 1.165) is 22.5 Å². The second-order valence-electron chi connectivity index (χ2n) is 8.71. The van der Waals surface area contributed by atoms with Gasteiger partial charge in [0.2, 0.25) is 0 Å². The van der Waals surface area contributed by atoms with Crippen molar-refractivity contribution >= 4 is 15.7 Å². The normalized spacial score (nSPS) is 17.4. The number of hydrogen-bond donors (Lipinski definition) is 0. The largest absolute Gasteiger partial charge is 0.511 e. The van der Waals surface area contributed by atoms with Gasteiger partial charge in [0, 0.05) is 38.1 Å². The number of fused-ring (bicyclic) bond motifs is 1. The summed E-state index contributed by atoms with van der Waals surface area (Å²) < 4.78 is 68.0. The lowest BCUT2D eigenvalue weighted by Crippen LogP contribution is -2.47. The van der Waals surface area contributed by atoms with Crippen LogP contribution >= 0.6 is 0 Å². The maximum Gasteiger partial charge on any atom is 0.511 e. The molecule has 1 aromatic heterocycles. The van der Waals surface area contributed by atoms with Crippen molar-refractivity contribution in [1.29, 1.82) is 0 Å². The summed E-state index contributed by atoms with van der Waals surface area (Å²) in [7, 11) is -3.65. The van der Waals surface area contributed by atoms with Gasteiger partial charge in [0.25, 0.3) is 0 Å². The predicted molar refractivity (Wildman–Crippen MR) is 125 cm³/mol. The molecule has 182 valence electrons. The summed E-state index contributed by atoms with van der Waals surface area (Å²) in [6.07, 6.45) is 4.61. The van der Waals surface area contributed by atoms with Crippen LogP contribution < -0.4 is 4.90 Å². The number of alkyl halides is 3. The molecule has 3 aromatic rings. The average molecular weight is 493 g/mol. The molecule has 34 heavy (non-hydrogen) atoms. The molecule has 6 nitrogen and oxygen atoms in total. The molecule has 4 rings (SSSR count). The van der Waals surface area contributed by atoms with E-state index in [2.05, 4.69) is 4.98 Å². The topological polar surface area (TPSA) is 58.4 Å². The maximum absolute atomic E-state index is 13.6. The summed E-state index contributed by atoms with van der Waals surface area (Å²) in [5, 5.41) is 0.